The Morgan fingerprint density at radius 2 is 2.23 bits per heavy atom. The van der Waals surface area contributed by atoms with E-state index in [0.717, 1.165) is 29.8 Å². The smallest absolute Gasteiger partial charge is 0.216 e. The monoisotopic (exact) mass is 330 g/mol. The van der Waals surface area contributed by atoms with E-state index < -0.39 is 0 Å². The molecular weight excluding hydrogens is 316 g/mol. The zero-order valence-electron chi connectivity index (χ0n) is 12.0. The molecule has 1 aliphatic rings. The SMILES string of the molecule is Cc1ccc(/C=N\n2c(-c3n[nH]c4c3CCC4)n[nH]c2=S)s1. The second-order valence-corrected chi connectivity index (χ2v) is 6.95. The van der Waals surface area contributed by atoms with Crippen LogP contribution in [0.4, 0.5) is 0 Å². The predicted octanol–water partition coefficient (Wildman–Crippen LogP) is 3.07. The van der Waals surface area contributed by atoms with Crippen LogP contribution < -0.4 is 0 Å². The number of thiophene rings is 1. The topological polar surface area (TPSA) is 74.7 Å². The molecule has 1 aliphatic carbocycles. The second-order valence-electron chi connectivity index (χ2n) is 5.24. The van der Waals surface area contributed by atoms with E-state index in [1.807, 2.05) is 6.07 Å². The van der Waals surface area contributed by atoms with E-state index in [2.05, 4.69) is 38.5 Å². The number of nitrogens with zero attached hydrogens (tertiary/aromatic N) is 4. The van der Waals surface area contributed by atoms with Crippen molar-refractivity contribution >= 4 is 29.8 Å². The molecule has 0 radical (unpaired) electrons. The minimum Gasteiger partial charge on any atom is -0.282 e. The molecule has 0 atom stereocenters. The van der Waals surface area contributed by atoms with Crippen LogP contribution in [0, 0.1) is 11.7 Å². The molecule has 3 heterocycles. The summed E-state index contributed by atoms with van der Waals surface area (Å²) in [4.78, 5) is 2.33. The maximum Gasteiger partial charge on any atom is 0.216 e. The molecule has 0 spiro atoms. The quantitative estimate of drug-likeness (QED) is 0.572. The largest absolute Gasteiger partial charge is 0.282 e. The Bertz CT molecular complexity index is 910. The van der Waals surface area contributed by atoms with E-state index in [0.29, 0.717) is 10.6 Å². The van der Waals surface area contributed by atoms with Gasteiger partial charge in [0, 0.05) is 21.0 Å². The van der Waals surface area contributed by atoms with Crippen LogP contribution >= 0.6 is 23.6 Å². The molecule has 0 aliphatic heterocycles. The van der Waals surface area contributed by atoms with Crippen molar-refractivity contribution in [1.82, 2.24) is 25.1 Å². The standard InChI is InChI=1S/C14H14N6S2/c1-8-5-6-9(22-8)7-15-20-13(18-19-14(20)21)12-10-3-2-4-11(10)16-17-12/h5-7H,2-4H2,1H3,(H,16,17)(H,19,21)/b15-7-. The molecule has 0 aromatic carbocycles. The van der Waals surface area contributed by atoms with Gasteiger partial charge < -0.3 is 0 Å². The Hall–Kier alpha value is -2.06. The Balaban J connectivity index is 1.76. The van der Waals surface area contributed by atoms with Gasteiger partial charge in [-0.25, -0.2) is 5.10 Å². The number of aromatic amines is 2. The predicted molar refractivity (Wildman–Crippen MR) is 89.1 cm³/mol. The Morgan fingerprint density at radius 1 is 1.32 bits per heavy atom. The van der Waals surface area contributed by atoms with Gasteiger partial charge in [0.05, 0.1) is 6.21 Å². The highest BCUT2D eigenvalue weighted by molar-refractivity contribution is 7.71. The Morgan fingerprint density at radius 3 is 3.05 bits per heavy atom. The van der Waals surface area contributed by atoms with Gasteiger partial charge >= 0.3 is 0 Å². The summed E-state index contributed by atoms with van der Waals surface area (Å²) in [5, 5.41) is 19.1. The van der Waals surface area contributed by atoms with E-state index in [9.17, 15) is 0 Å². The maximum atomic E-state index is 5.29. The van der Waals surface area contributed by atoms with E-state index in [-0.39, 0.29) is 0 Å². The molecule has 6 nitrogen and oxygen atoms in total. The van der Waals surface area contributed by atoms with E-state index in [4.69, 9.17) is 12.2 Å². The summed E-state index contributed by atoms with van der Waals surface area (Å²) < 4.78 is 2.10. The van der Waals surface area contributed by atoms with Crippen LogP contribution in [-0.2, 0) is 12.8 Å². The lowest BCUT2D eigenvalue weighted by Gasteiger charge is -1.99. The van der Waals surface area contributed by atoms with Crippen molar-refractivity contribution in [3.8, 4) is 11.5 Å². The van der Waals surface area contributed by atoms with E-state index >= 15 is 0 Å². The van der Waals surface area contributed by atoms with Crippen molar-refractivity contribution in [2.75, 3.05) is 0 Å². The average molecular weight is 330 g/mol. The molecule has 0 amide bonds. The molecule has 3 aromatic rings. The lowest BCUT2D eigenvalue weighted by Crippen LogP contribution is -1.96. The zero-order valence-corrected chi connectivity index (χ0v) is 13.6. The molecule has 4 rings (SSSR count). The third-order valence-corrected chi connectivity index (χ3v) is 4.93. The summed E-state index contributed by atoms with van der Waals surface area (Å²) in [6, 6.07) is 4.11. The molecule has 0 unspecified atom stereocenters. The van der Waals surface area contributed by atoms with Crippen LogP contribution in [-0.4, -0.2) is 31.3 Å². The summed E-state index contributed by atoms with van der Waals surface area (Å²) in [7, 11) is 0. The maximum absolute atomic E-state index is 5.29. The zero-order chi connectivity index (χ0) is 15.1. The minimum absolute atomic E-state index is 0.467. The van der Waals surface area contributed by atoms with E-state index in [1.165, 1.54) is 16.1 Å². The van der Waals surface area contributed by atoms with Crippen molar-refractivity contribution < 1.29 is 0 Å². The number of hydrogen-bond donors (Lipinski definition) is 2. The highest BCUT2D eigenvalue weighted by Crippen LogP contribution is 2.29. The third kappa shape index (κ3) is 2.24. The van der Waals surface area contributed by atoms with Crippen LogP contribution in [0.2, 0.25) is 0 Å². The summed E-state index contributed by atoms with van der Waals surface area (Å²) in [6.07, 6.45) is 5.03. The molecule has 8 heteroatoms. The van der Waals surface area contributed by atoms with Gasteiger partial charge in [0.1, 0.15) is 5.69 Å². The Kier molecular flexibility index (Phi) is 3.27. The van der Waals surface area contributed by atoms with Crippen molar-refractivity contribution in [3.63, 3.8) is 0 Å². The number of aromatic nitrogens is 5. The number of H-pyrrole nitrogens is 2. The number of rotatable bonds is 3. The number of hydrogen-bond acceptors (Lipinski definition) is 5. The van der Waals surface area contributed by atoms with Crippen LogP contribution in [0.5, 0.6) is 0 Å². The van der Waals surface area contributed by atoms with Gasteiger partial charge in [0.2, 0.25) is 10.6 Å². The molecule has 0 bridgehead atoms. The molecule has 22 heavy (non-hydrogen) atoms. The van der Waals surface area contributed by atoms with Crippen molar-refractivity contribution in [3.05, 3.63) is 37.9 Å². The second kappa shape index (κ2) is 5.29. The van der Waals surface area contributed by atoms with Gasteiger partial charge in [-0.3, -0.25) is 5.10 Å². The summed E-state index contributed by atoms with van der Waals surface area (Å²) in [6.45, 7) is 2.07. The molecule has 2 N–H and O–H groups in total. The first-order chi connectivity index (χ1) is 10.7. The fourth-order valence-corrected chi connectivity index (χ4v) is 3.62. The first kappa shape index (κ1) is 13.6. The van der Waals surface area contributed by atoms with Crippen LogP contribution in [0.15, 0.2) is 17.2 Å². The Labute approximate surface area is 135 Å². The van der Waals surface area contributed by atoms with Crippen LogP contribution in [0.3, 0.4) is 0 Å². The van der Waals surface area contributed by atoms with Crippen molar-refractivity contribution in [2.45, 2.75) is 26.2 Å². The van der Waals surface area contributed by atoms with Gasteiger partial charge in [0.25, 0.3) is 0 Å². The highest BCUT2D eigenvalue weighted by Gasteiger charge is 2.23. The fraction of sp³-hybridized carbons (Fsp3) is 0.286. The molecule has 0 fully saturated rings. The van der Waals surface area contributed by atoms with Gasteiger partial charge in [-0.1, -0.05) is 0 Å². The van der Waals surface area contributed by atoms with Gasteiger partial charge in [-0.15, -0.1) is 11.3 Å². The normalized spacial score (nSPS) is 14.0. The summed E-state index contributed by atoms with van der Waals surface area (Å²) >= 11 is 6.98. The lowest BCUT2D eigenvalue weighted by atomic mass is 10.2. The minimum atomic E-state index is 0.467. The average Bonchev–Trinajstić information content (AvgIpc) is 3.22. The first-order valence-corrected chi connectivity index (χ1v) is 8.29. The molecule has 0 saturated carbocycles. The van der Waals surface area contributed by atoms with Gasteiger partial charge in [-0.2, -0.15) is 20.0 Å². The molecule has 3 aromatic heterocycles. The first-order valence-electron chi connectivity index (χ1n) is 7.07. The summed E-state index contributed by atoms with van der Waals surface area (Å²) in [5.74, 6) is 0.661. The highest BCUT2D eigenvalue weighted by atomic mass is 32.1. The molecule has 0 saturated heterocycles. The number of aryl methyl sites for hydroxylation is 2. The lowest BCUT2D eigenvalue weighted by molar-refractivity contribution is 0.844. The van der Waals surface area contributed by atoms with Gasteiger partial charge in [-0.05, 0) is 50.5 Å². The van der Waals surface area contributed by atoms with Crippen molar-refractivity contribution in [2.24, 2.45) is 5.10 Å². The third-order valence-electron chi connectivity index (χ3n) is 3.73. The van der Waals surface area contributed by atoms with Crippen LogP contribution in [0.1, 0.15) is 27.4 Å². The molecule has 112 valence electrons. The van der Waals surface area contributed by atoms with Crippen LogP contribution in [0.25, 0.3) is 11.5 Å². The fourth-order valence-electron chi connectivity index (χ4n) is 2.69. The summed E-state index contributed by atoms with van der Waals surface area (Å²) in [5.41, 5.74) is 3.28. The van der Waals surface area contributed by atoms with Crippen molar-refractivity contribution in [1.29, 1.82) is 0 Å². The van der Waals surface area contributed by atoms with E-state index in [1.54, 1.807) is 22.2 Å². The number of fused-ring (bicyclic) bond motifs is 1. The molecular formula is C14H14N6S2. The van der Waals surface area contributed by atoms with Gasteiger partial charge in [0.15, 0.2) is 0 Å². The number of nitrogens with one attached hydrogen (secondary N) is 2.